The van der Waals surface area contributed by atoms with Crippen LogP contribution in [0.5, 0.6) is 0 Å². The van der Waals surface area contributed by atoms with Gasteiger partial charge in [-0.05, 0) is 55.4 Å². The second kappa shape index (κ2) is 6.97. The van der Waals surface area contributed by atoms with Gasteiger partial charge in [-0.25, -0.2) is 0 Å². The predicted octanol–water partition coefficient (Wildman–Crippen LogP) is 1.94. The summed E-state index contributed by atoms with van der Waals surface area (Å²) in [6.07, 6.45) is 7.27. The van der Waals surface area contributed by atoms with Crippen molar-refractivity contribution in [2.24, 2.45) is 17.7 Å². The minimum atomic E-state index is 0.000430. The molecule has 0 aliphatic carbocycles. The summed E-state index contributed by atoms with van der Waals surface area (Å²) in [5.74, 6) is 10.0. The lowest BCUT2D eigenvalue weighted by Gasteiger charge is -2.41. The highest BCUT2D eigenvalue weighted by molar-refractivity contribution is 7.99. The smallest absolute Gasteiger partial charge is 0.0939 e. The van der Waals surface area contributed by atoms with Crippen LogP contribution in [-0.2, 0) is 9.47 Å². The van der Waals surface area contributed by atoms with Crippen LogP contribution >= 0.6 is 11.8 Å². The molecule has 3 N–H and O–H groups in total. The van der Waals surface area contributed by atoms with E-state index in [-0.39, 0.29) is 5.60 Å². The van der Waals surface area contributed by atoms with Crippen molar-refractivity contribution in [2.45, 2.75) is 50.2 Å². The number of hydrogen-bond acceptors (Lipinski definition) is 5. The zero-order valence-electron chi connectivity index (χ0n) is 12.3. The maximum Gasteiger partial charge on any atom is 0.0939 e. The molecule has 3 fully saturated rings. The summed E-state index contributed by atoms with van der Waals surface area (Å²) < 4.78 is 11.6. The van der Waals surface area contributed by atoms with Crippen LogP contribution in [0.2, 0.25) is 0 Å². The molecule has 3 atom stereocenters. The molecule has 5 heteroatoms. The van der Waals surface area contributed by atoms with Gasteiger partial charge in [0.25, 0.3) is 0 Å². The Hall–Kier alpha value is 0.190. The molecule has 4 nitrogen and oxygen atoms in total. The fourth-order valence-corrected chi connectivity index (χ4v) is 5.21. The van der Waals surface area contributed by atoms with E-state index < -0.39 is 0 Å². The second-order valence-corrected chi connectivity index (χ2v) is 7.88. The van der Waals surface area contributed by atoms with Crippen LogP contribution in [-0.4, -0.2) is 43.0 Å². The number of rotatable bonds is 4. The molecule has 0 amide bonds. The van der Waals surface area contributed by atoms with E-state index in [4.69, 9.17) is 15.3 Å². The molecule has 0 aromatic rings. The van der Waals surface area contributed by atoms with Gasteiger partial charge in [-0.2, -0.15) is 11.8 Å². The van der Waals surface area contributed by atoms with Crippen molar-refractivity contribution in [3.8, 4) is 0 Å². The zero-order valence-corrected chi connectivity index (χ0v) is 13.1. The van der Waals surface area contributed by atoms with Gasteiger partial charge in [-0.1, -0.05) is 0 Å². The number of thioether (sulfide) groups is 1. The summed E-state index contributed by atoms with van der Waals surface area (Å²) in [5.41, 5.74) is 3.12. The van der Waals surface area contributed by atoms with Gasteiger partial charge in [0, 0.05) is 25.7 Å². The second-order valence-electron chi connectivity index (χ2n) is 6.65. The third-order valence-corrected chi connectivity index (χ3v) is 6.36. The van der Waals surface area contributed by atoms with Crippen LogP contribution in [0.25, 0.3) is 0 Å². The highest BCUT2D eigenvalue weighted by Gasteiger charge is 2.43. The van der Waals surface area contributed by atoms with Gasteiger partial charge < -0.3 is 9.47 Å². The number of ether oxygens (including phenoxy) is 2. The highest BCUT2D eigenvalue weighted by atomic mass is 32.2. The lowest BCUT2D eigenvalue weighted by atomic mass is 9.78. The third kappa shape index (κ3) is 3.50. The van der Waals surface area contributed by atoms with Crippen LogP contribution in [0.15, 0.2) is 0 Å². The van der Waals surface area contributed by atoms with E-state index in [0.717, 1.165) is 45.0 Å². The Bertz CT molecular complexity index is 304. The molecule has 3 saturated heterocycles. The molecule has 3 heterocycles. The van der Waals surface area contributed by atoms with Crippen molar-refractivity contribution in [3.63, 3.8) is 0 Å². The SMILES string of the molecule is NNC(CC1CCSCC1)C1CCOC2(CCOC2)C1. The molecule has 116 valence electrons. The Morgan fingerprint density at radius 1 is 1.25 bits per heavy atom. The van der Waals surface area contributed by atoms with E-state index in [1.807, 2.05) is 0 Å². The van der Waals surface area contributed by atoms with Crippen LogP contribution in [0.4, 0.5) is 0 Å². The Labute approximate surface area is 126 Å². The van der Waals surface area contributed by atoms with Gasteiger partial charge in [-0.15, -0.1) is 0 Å². The quantitative estimate of drug-likeness (QED) is 0.614. The summed E-state index contributed by atoms with van der Waals surface area (Å²) in [6.45, 7) is 2.50. The van der Waals surface area contributed by atoms with Crippen LogP contribution in [0, 0.1) is 11.8 Å². The lowest BCUT2D eigenvalue weighted by molar-refractivity contribution is -0.104. The molecule has 20 heavy (non-hydrogen) atoms. The van der Waals surface area contributed by atoms with E-state index in [1.54, 1.807) is 0 Å². The Kier molecular flexibility index (Phi) is 5.26. The van der Waals surface area contributed by atoms with Crippen molar-refractivity contribution in [2.75, 3.05) is 31.3 Å². The van der Waals surface area contributed by atoms with Gasteiger partial charge >= 0.3 is 0 Å². The van der Waals surface area contributed by atoms with E-state index in [1.165, 1.54) is 30.8 Å². The monoisotopic (exact) mass is 300 g/mol. The minimum absolute atomic E-state index is 0.000430. The van der Waals surface area contributed by atoms with Gasteiger partial charge in [0.1, 0.15) is 0 Å². The zero-order chi connectivity index (χ0) is 13.8. The molecule has 0 bridgehead atoms. The predicted molar refractivity (Wildman–Crippen MR) is 82.6 cm³/mol. The first-order chi connectivity index (χ1) is 9.81. The molecule has 0 radical (unpaired) electrons. The molecule has 3 aliphatic rings. The average Bonchev–Trinajstić information content (AvgIpc) is 2.93. The summed E-state index contributed by atoms with van der Waals surface area (Å²) in [6, 6.07) is 0.449. The fourth-order valence-electron chi connectivity index (χ4n) is 4.01. The van der Waals surface area contributed by atoms with Crippen LogP contribution in [0.1, 0.15) is 38.5 Å². The van der Waals surface area contributed by atoms with Crippen LogP contribution in [0.3, 0.4) is 0 Å². The molecule has 0 aromatic heterocycles. The van der Waals surface area contributed by atoms with E-state index in [2.05, 4.69) is 17.2 Å². The number of nitrogens with one attached hydrogen (secondary N) is 1. The number of hydrogen-bond donors (Lipinski definition) is 2. The lowest BCUT2D eigenvalue weighted by Crippen LogP contribution is -2.49. The molecular formula is C15H28N2O2S. The van der Waals surface area contributed by atoms with Crippen LogP contribution < -0.4 is 11.3 Å². The van der Waals surface area contributed by atoms with E-state index in [0.29, 0.717) is 12.0 Å². The number of nitrogens with two attached hydrogens (primary N) is 1. The molecule has 3 aliphatic heterocycles. The first-order valence-corrected chi connectivity index (χ1v) is 9.22. The Morgan fingerprint density at radius 2 is 2.10 bits per heavy atom. The van der Waals surface area contributed by atoms with Gasteiger partial charge in [-0.3, -0.25) is 11.3 Å². The highest BCUT2D eigenvalue weighted by Crippen LogP contribution is 2.39. The Balaban J connectivity index is 1.57. The van der Waals surface area contributed by atoms with Gasteiger partial charge in [0.15, 0.2) is 0 Å². The molecule has 3 unspecified atom stereocenters. The molecule has 3 rings (SSSR count). The summed E-state index contributed by atoms with van der Waals surface area (Å²) in [4.78, 5) is 0. The summed E-state index contributed by atoms with van der Waals surface area (Å²) in [5, 5.41) is 0. The molecule has 1 spiro atoms. The van der Waals surface area contributed by atoms with Gasteiger partial charge in [0.05, 0.1) is 12.2 Å². The number of hydrazine groups is 1. The van der Waals surface area contributed by atoms with Crippen molar-refractivity contribution in [3.05, 3.63) is 0 Å². The standard InChI is InChI=1S/C15H28N2O2S/c16-17-14(9-12-2-7-20-8-3-12)13-1-5-19-15(10-13)4-6-18-11-15/h12-14,17H,1-11,16H2. The van der Waals surface area contributed by atoms with Crippen molar-refractivity contribution < 1.29 is 9.47 Å². The maximum absolute atomic E-state index is 6.04. The Morgan fingerprint density at radius 3 is 2.80 bits per heavy atom. The average molecular weight is 300 g/mol. The van der Waals surface area contributed by atoms with E-state index in [9.17, 15) is 0 Å². The fraction of sp³-hybridized carbons (Fsp3) is 1.00. The largest absolute Gasteiger partial charge is 0.378 e. The third-order valence-electron chi connectivity index (χ3n) is 5.31. The topological polar surface area (TPSA) is 56.5 Å². The minimum Gasteiger partial charge on any atom is -0.378 e. The van der Waals surface area contributed by atoms with Crippen molar-refractivity contribution in [1.29, 1.82) is 0 Å². The normalized spacial score (nSPS) is 37.4. The summed E-state index contributed by atoms with van der Waals surface area (Å²) in [7, 11) is 0. The first-order valence-electron chi connectivity index (χ1n) is 8.07. The molecule has 0 saturated carbocycles. The summed E-state index contributed by atoms with van der Waals surface area (Å²) >= 11 is 2.10. The van der Waals surface area contributed by atoms with Gasteiger partial charge in [0.2, 0.25) is 0 Å². The van der Waals surface area contributed by atoms with Crippen molar-refractivity contribution >= 4 is 11.8 Å². The first kappa shape index (κ1) is 15.1. The maximum atomic E-state index is 6.04. The molecule has 0 aromatic carbocycles. The molecular weight excluding hydrogens is 272 g/mol. The van der Waals surface area contributed by atoms with Crippen molar-refractivity contribution in [1.82, 2.24) is 5.43 Å². The van der Waals surface area contributed by atoms with E-state index >= 15 is 0 Å².